The van der Waals surface area contributed by atoms with E-state index in [9.17, 15) is 4.79 Å². The Hall–Kier alpha value is -1.27. The number of hydrogen-bond donors (Lipinski definition) is 2. The molecule has 0 aromatic carbocycles. The first kappa shape index (κ1) is 12.7. The minimum atomic E-state index is -0.0288. The largest absolute Gasteiger partial charge is 0.328 e. The molecule has 78 valence electrons. The first-order valence-corrected chi connectivity index (χ1v) is 4.86. The Kier molecular flexibility index (Phi) is 7.58. The second-order valence-corrected chi connectivity index (χ2v) is 2.83. The Morgan fingerprint density at radius 2 is 2.14 bits per heavy atom. The molecule has 0 heterocycles. The lowest BCUT2D eigenvalue weighted by Gasteiger charge is -2.03. The first-order chi connectivity index (χ1) is 6.70. The molecule has 0 aromatic heterocycles. The standard InChI is InChI=1S/C11H18N2O/c1-4-6-7-8-10(3)13-11(14)9-12-5-2/h8,12H,4-5,9H2,1-3H3,(H,13,14)/b10-8+. The van der Waals surface area contributed by atoms with E-state index in [2.05, 4.69) is 22.5 Å². The van der Waals surface area contributed by atoms with Crippen LogP contribution in [0.3, 0.4) is 0 Å². The number of likely N-dealkylation sites (N-methyl/N-ethyl adjacent to an activating group) is 1. The molecule has 0 atom stereocenters. The molecule has 0 unspecified atom stereocenters. The molecule has 14 heavy (non-hydrogen) atoms. The van der Waals surface area contributed by atoms with Crippen molar-refractivity contribution in [3.63, 3.8) is 0 Å². The van der Waals surface area contributed by atoms with E-state index in [0.29, 0.717) is 6.54 Å². The van der Waals surface area contributed by atoms with Gasteiger partial charge in [-0.25, -0.2) is 0 Å². The fourth-order valence-electron chi connectivity index (χ4n) is 0.800. The molecular formula is C11H18N2O. The number of nitrogens with one attached hydrogen (secondary N) is 2. The molecule has 0 bridgehead atoms. The van der Waals surface area contributed by atoms with Crippen molar-refractivity contribution in [1.29, 1.82) is 0 Å². The number of hydrogen-bond acceptors (Lipinski definition) is 2. The summed E-state index contributed by atoms with van der Waals surface area (Å²) in [6, 6.07) is 0. The van der Waals surface area contributed by atoms with Crippen molar-refractivity contribution < 1.29 is 4.79 Å². The van der Waals surface area contributed by atoms with Crippen molar-refractivity contribution in [3.8, 4) is 11.8 Å². The van der Waals surface area contributed by atoms with Crippen LogP contribution in [0.25, 0.3) is 0 Å². The van der Waals surface area contributed by atoms with Crippen LogP contribution in [-0.4, -0.2) is 19.0 Å². The van der Waals surface area contributed by atoms with Gasteiger partial charge in [0.2, 0.25) is 5.91 Å². The zero-order valence-corrected chi connectivity index (χ0v) is 9.11. The highest BCUT2D eigenvalue weighted by atomic mass is 16.1. The minimum Gasteiger partial charge on any atom is -0.328 e. The number of carbonyl (C=O) groups excluding carboxylic acids is 1. The number of amides is 1. The van der Waals surface area contributed by atoms with Crippen LogP contribution in [-0.2, 0) is 4.79 Å². The number of rotatable bonds is 4. The second kappa shape index (κ2) is 8.33. The summed E-state index contributed by atoms with van der Waals surface area (Å²) in [5.74, 6) is 5.72. The minimum absolute atomic E-state index is 0.0288. The topological polar surface area (TPSA) is 41.1 Å². The van der Waals surface area contributed by atoms with E-state index in [1.807, 2.05) is 20.8 Å². The Morgan fingerprint density at radius 1 is 1.43 bits per heavy atom. The zero-order chi connectivity index (χ0) is 10.8. The maximum atomic E-state index is 11.2. The molecule has 0 saturated heterocycles. The van der Waals surface area contributed by atoms with Gasteiger partial charge in [0.15, 0.2) is 0 Å². The molecule has 0 spiro atoms. The Labute approximate surface area is 86.0 Å². The third-order valence-electron chi connectivity index (χ3n) is 1.44. The first-order valence-electron chi connectivity index (χ1n) is 4.86. The van der Waals surface area contributed by atoms with Crippen molar-refractivity contribution in [2.24, 2.45) is 0 Å². The summed E-state index contributed by atoms with van der Waals surface area (Å²) < 4.78 is 0. The van der Waals surface area contributed by atoms with Crippen molar-refractivity contribution in [1.82, 2.24) is 10.6 Å². The lowest BCUT2D eigenvalue weighted by molar-refractivity contribution is -0.119. The van der Waals surface area contributed by atoms with Gasteiger partial charge in [0.1, 0.15) is 0 Å². The number of allylic oxidation sites excluding steroid dienone is 2. The van der Waals surface area contributed by atoms with Crippen LogP contribution in [0.2, 0.25) is 0 Å². The molecule has 0 saturated carbocycles. The van der Waals surface area contributed by atoms with Crippen LogP contribution < -0.4 is 10.6 Å². The highest BCUT2D eigenvalue weighted by Gasteiger charge is 1.98. The van der Waals surface area contributed by atoms with Gasteiger partial charge >= 0.3 is 0 Å². The monoisotopic (exact) mass is 194 g/mol. The van der Waals surface area contributed by atoms with E-state index in [1.165, 1.54) is 0 Å². The quantitative estimate of drug-likeness (QED) is 0.656. The Morgan fingerprint density at radius 3 is 2.71 bits per heavy atom. The van der Waals surface area contributed by atoms with Gasteiger partial charge in [-0.15, -0.1) is 0 Å². The summed E-state index contributed by atoms with van der Waals surface area (Å²) in [6.07, 6.45) is 2.54. The smallest absolute Gasteiger partial charge is 0.238 e. The highest BCUT2D eigenvalue weighted by molar-refractivity contribution is 5.79. The lowest BCUT2D eigenvalue weighted by Crippen LogP contribution is -2.32. The second-order valence-electron chi connectivity index (χ2n) is 2.83. The predicted octanol–water partition coefficient (Wildman–Crippen LogP) is 1.03. The summed E-state index contributed by atoms with van der Waals surface area (Å²) >= 11 is 0. The van der Waals surface area contributed by atoms with Gasteiger partial charge in [-0.05, 0) is 13.5 Å². The number of carbonyl (C=O) groups is 1. The molecule has 2 N–H and O–H groups in total. The normalized spacial score (nSPS) is 10.4. The molecule has 0 radical (unpaired) electrons. The Balaban J connectivity index is 3.86. The highest BCUT2D eigenvalue weighted by Crippen LogP contribution is 1.84. The van der Waals surface area contributed by atoms with Crippen molar-refractivity contribution in [2.45, 2.75) is 27.2 Å². The van der Waals surface area contributed by atoms with E-state index < -0.39 is 0 Å². The van der Waals surface area contributed by atoms with Crippen molar-refractivity contribution in [3.05, 3.63) is 11.8 Å². The van der Waals surface area contributed by atoms with Crippen LogP contribution in [0.4, 0.5) is 0 Å². The molecule has 0 aliphatic carbocycles. The molecule has 0 aliphatic heterocycles. The Bertz CT molecular complexity index is 258. The van der Waals surface area contributed by atoms with Gasteiger partial charge in [0.05, 0.1) is 6.54 Å². The molecule has 0 rings (SSSR count). The molecule has 3 heteroatoms. The van der Waals surface area contributed by atoms with Crippen LogP contribution in [0.1, 0.15) is 27.2 Å². The van der Waals surface area contributed by atoms with Crippen LogP contribution in [0.5, 0.6) is 0 Å². The SMILES string of the molecule is CCC#C/C=C(\C)NC(=O)CNCC. The molecule has 0 aliphatic rings. The van der Waals surface area contributed by atoms with E-state index in [1.54, 1.807) is 6.08 Å². The third-order valence-corrected chi connectivity index (χ3v) is 1.44. The molecule has 3 nitrogen and oxygen atoms in total. The summed E-state index contributed by atoms with van der Waals surface area (Å²) in [5, 5.41) is 5.68. The summed E-state index contributed by atoms with van der Waals surface area (Å²) in [5.41, 5.74) is 0.786. The average Bonchev–Trinajstić information content (AvgIpc) is 2.15. The van der Waals surface area contributed by atoms with E-state index in [0.717, 1.165) is 18.7 Å². The van der Waals surface area contributed by atoms with Gasteiger partial charge in [0.25, 0.3) is 0 Å². The maximum Gasteiger partial charge on any atom is 0.238 e. The predicted molar refractivity (Wildman–Crippen MR) is 58.5 cm³/mol. The molecule has 0 aromatic rings. The third kappa shape index (κ3) is 7.38. The van der Waals surface area contributed by atoms with Gasteiger partial charge < -0.3 is 10.6 Å². The fourth-order valence-corrected chi connectivity index (χ4v) is 0.800. The van der Waals surface area contributed by atoms with Crippen LogP contribution in [0.15, 0.2) is 11.8 Å². The van der Waals surface area contributed by atoms with E-state index >= 15 is 0 Å². The summed E-state index contributed by atoms with van der Waals surface area (Å²) in [6.45, 7) is 6.92. The van der Waals surface area contributed by atoms with E-state index in [-0.39, 0.29) is 5.91 Å². The maximum absolute atomic E-state index is 11.2. The molecular weight excluding hydrogens is 176 g/mol. The van der Waals surface area contributed by atoms with Gasteiger partial charge in [-0.1, -0.05) is 25.7 Å². The van der Waals surface area contributed by atoms with Gasteiger partial charge in [-0.3, -0.25) is 4.79 Å². The molecule has 1 amide bonds. The van der Waals surface area contributed by atoms with Crippen molar-refractivity contribution in [2.75, 3.05) is 13.1 Å². The van der Waals surface area contributed by atoms with Gasteiger partial charge in [0, 0.05) is 18.2 Å². The van der Waals surface area contributed by atoms with Gasteiger partial charge in [-0.2, -0.15) is 0 Å². The summed E-state index contributed by atoms with van der Waals surface area (Å²) in [7, 11) is 0. The zero-order valence-electron chi connectivity index (χ0n) is 9.11. The lowest BCUT2D eigenvalue weighted by atomic mass is 10.4. The van der Waals surface area contributed by atoms with Crippen LogP contribution >= 0.6 is 0 Å². The molecule has 0 fully saturated rings. The van der Waals surface area contributed by atoms with Crippen molar-refractivity contribution >= 4 is 5.91 Å². The summed E-state index contributed by atoms with van der Waals surface area (Å²) in [4.78, 5) is 11.2. The van der Waals surface area contributed by atoms with Crippen LogP contribution in [0, 0.1) is 11.8 Å². The fraction of sp³-hybridized carbons (Fsp3) is 0.545. The van der Waals surface area contributed by atoms with E-state index in [4.69, 9.17) is 0 Å². The average molecular weight is 194 g/mol.